The van der Waals surface area contributed by atoms with Crippen LogP contribution in [0.2, 0.25) is 0 Å². The van der Waals surface area contributed by atoms with Crippen LogP contribution in [0.5, 0.6) is 0 Å². The Bertz CT molecular complexity index is 62.0. The summed E-state index contributed by atoms with van der Waals surface area (Å²) in [7, 11) is 0. The van der Waals surface area contributed by atoms with Crippen LogP contribution in [0.4, 0.5) is 0 Å². The summed E-state index contributed by atoms with van der Waals surface area (Å²) in [6.07, 6.45) is 2.02. The molecular weight excluding hydrogens is 146 g/mol. The van der Waals surface area contributed by atoms with Crippen molar-refractivity contribution >= 4 is 12.8 Å². The van der Waals surface area contributed by atoms with Gasteiger partial charge < -0.3 is 11.5 Å². The molecule has 0 saturated carbocycles. The predicted octanol–water partition coefficient (Wildman–Crippen LogP) is -0.169. The van der Waals surface area contributed by atoms with E-state index in [1.807, 2.05) is 4.31 Å². The lowest BCUT2D eigenvalue weighted by atomic mass is 10.4. The molecule has 0 rings (SSSR count). The molecule has 0 radical (unpaired) electrons. The molecule has 0 saturated heterocycles. The van der Waals surface area contributed by atoms with Crippen molar-refractivity contribution < 1.29 is 0 Å². The second-order valence-corrected chi connectivity index (χ2v) is 2.80. The van der Waals surface area contributed by atoms with Crippen molar-refractivity contribution in [2.45, 2.75) is 12.8 Å². The first kappa shape index (κ1) is 10.2. The maximum Gasteiger partial charge on any atom is 0.00990 e. The van der Waals surface area contributed by atoms with E-state index in [-0.39, 0.29) is 0 Å². The first-order valence-electron chi connectivity index (χ1n) is 3.65. The van der Waals surface area contributed by atoms with Crippen molar-refractivity contribution in [1.29, 1.82) is 0 Å². The topological polar surface area (TPSA) is 55.3 Å². The van der Waals surface area contributed by atoms with Crippen LogP contribution in [0, 0.1) is 0 Å². The SMILES string of the molecule is NCCCN(S)CCCN. The fourth-order valence-corrected chi connectivity index (χ4v) is 0.942. The van der Waals surface area contributed by atoms with Crippen LogP contribution in [-0.2, 0) is 0 Å². The molecule has 0 fully saturated rings. The summed E-state index contributed by atoms with van der Waals surface area (Å²) in [5.74, 6) is 0. The number of thiol groups is 1. The summed E-state index contributed by atoms with van der Waals surface area (Å²) < 4.78 is 1.96. The highest BCUT2D eigenvalue weighted by Gasteiger charge is 1.95. The Labute approximate surface area is 68.3 Å². The standard InChI is InChI=1S/C6H17N3S/c7-3-1-5-9(10)6-2-4-8/h10H,1-8H2. The van der Waals surface area contributed by atoms with Gasteiger partial charge in [-0.25, -0.2) is 0 Å². The third-order valence-electron chi connectivity index (χ3n) is 1.24. The Morgan fingerprint density at radius 1 is 1.00 bits per heavy atom. The zero-order valence-corrected chi connectivity index (χ0v) is 7.19. The first-order chi connectivity index (χ1) is 4.81. The average Bonchev–Trinajstić information content (AvgIpc) is 1.97. The third kappa shape index (κ3) is 6.35. The normalized spacial score (nSPS) is 10.8. The quantitative estimate of drug-likeness (QED) is 0.477. The minimum absolute atomic E-state index is 0.736. The van der Waals surface area contributed by atoms with Gasteiger partial charge in [0.15, 0.2) is 0 Å². The molecule has 0 heterocycles. The van der Waals surface area contributed by atoms with Gasteiger partial charge in [0, 0.05) is 13.1 Å². The van der Waals surface area contributed by atoms with E-state index < -0.39 is 0 Å². The summed E-state index contributed by atoms with van der Waals surface area (Å²) in [5.41, 5.74) is 10.6. The number of rotatable bonds is 6. The van der Waals surface area contributed by atoms with Crippen LogP contribution < -0.4 is 11.5 Å². The molecule has 4 N–H and O–H groups in total. The van der Waals surface area contributed by atoms with Crippen LogP contribution in [0.3, 0.4) is 0 Å². The lowest BCUT2D eigenvalue weighted by Gasteiger charge is -2.12. The molecule has 0 unspecified atom stereocenters. The van der Waals surface area contributed by atoms with Crippen LogP contribution in [0.15, 0.2) is 0 Å². The summed E-state index contributed by atoms with van der Waals surface area (Å²) >= 11 is 4.22. The van der Waals surface area contributed by atoms with Crippen LogP contribution in [-0.4, -0.2) is 30.5 Å². The molecule has 10 heavy (non-hydrogen) atoms. The Kier molecular flexibility index (Phi) is 7.51. The van der Waals surface area contributed by atoms with Crippen molar-refractivity contribution in [2.75, 3.05) is 26.2 Å². The Morgan fingerprint density at radius 2 is 1.40 bits per heavy atom. The van der Waals surface area contributed by atoms with Crippen LogP contribution in [0.25, 0.3) is 0 Å². The van der Waals surface area contributed by atoms with E-state index in [2.05, 4.69) is 12.8 Å². The average molecular weight is 163 g/mol. The number of nitrogens with zero attached hydrogens (tertiary/aromatic N) is 1. The number of hydrogen-bond acceptors (Lipinski definition) is 4. The number of nitrogens with two attached hydrogens (primary N) is 2. The van der Waals surface area contributed by atoms with Gasteiger partial charge in [-0.15, -0.1) is 0 Å². The van der Waals surface area contributed by atoms with Gasteiger partial charge in [0.25, 0.3) is 0 Å². The zero-order valence-electron chi connectivity index (χ0n) is 6.29. The van der Waals surface area contributed by atoms with Crippen molar-refractivity contribution in [3.05, 3.63) is 0 Å². The molecule has 0 spiro atoms. The van der Waals surface area contributed by atoms with Gasteiger partial charge in [-0.3, -0.25) is 4.31 Å². The van der Waals surface area contributed by atoms with Gasteiger partial charge >= 0.3 is 0 Å². The molecule has 0 aliphatic rings. The van der Waals surface area contributed by atoms with Gasteiger partial charge in [0.05, 0.1) is 0 Å². The van der Waals surface area contributed by atoms with Crippen molar-refractivity contribution in [2.24, 2.45) is 11.5 Å². The van der Waals surface area contributed by atoms with E-state index >= 15 is 0 Å². The molecule has 0 aliphatic carbocycles. The molecule has 4 heteroatoms. The predicted molar refractivity (Wildman–Crippen MR) is 47.9 cm³/mol. The largest absolute Gasteiger partial charge is 0.330 e. The molecule has 62 valence electrons. The summed E-state index contributed by atoms with van der Waals surface area (Å²) in [6, 6.07) is 0. The van der Waals surface area contributed by atoms with Gasteiger partial charge in [-0.2, -0.15) is 0 Å². The van der Waals surface area contributed by atoms with Gasteiger partial charge in [-0.05, 0) is 25.9 Å². The fourth-order valence-electron chi connectivity index (χ4n) is 0.659. The van der Waals surface area contributed by atoms with E-state index in [0.717, 1.165) is 39.0 Å². The van der Waals surface area contributed by atoms with Crippen molar-refractivity contribution in [3.63, 3.8) is 0 Å². The smallest absolute Gasteiger partial charge is 0.00990 e. The van der Waals surface area contributed by atoms with Gasteiger partial charge in [-0.1, -0.05) is 12.8 Å². The molecule has 0 amide bonds. The third-order valence-corrected chi connectivity index (χ3v) is 1.64. The highest BCUT2D eigenvalue weighted by molar-refractivity contribution is 7.77. The van der Waals surface area contributed by atoms with Gasteiger partial charge in [0.1, 0.15) is 0 Å². The summed E-state index contributed by atoms with van der Waals surface area (Å²) in [6.45, 7) is 3.39. The lowest BCUT2D eigenvalue weighted by molar-refractivity contribution is 0.460. The van der Waals surface area contributed by atoms with Gasteiger partial charge in [0.2, 0.25) is 0 Å². The van der Waals surface area contributed by atoms with Crippen LogP contribution in [0.1, 0.15) is 12.8 Å². The summed E-state index contributed by atoms with van der Waals surface area (Å²) in [5, 5.41) is 0. The minimum atomic E-state index is 0.736. The molecule has 0 aliphatic heterocycles. The number of hydrogen-bond donors (Lipinski definition) is 3. The van der Waals surface area contributed by atoms with E-state index in [4.69, 9.17) is 11.5 Å². The second kappa shape index (κ2) is 7.34. The highest BCUT2D eigenvalue weighted by Crippen LogP contribution is 1.95. The maximum absolute atomic E-state index is 5.32. The van der Waals surface area contributed by atoms with E-state index in [9.17, 15) is 0 Å². The molecule has 0 bridgehead atoms. The first-order valence-corrected chi connectivity index (χ1v) is 4.05. The van der Waals surface area contributed by atoms with Crippen molar-refractivity contribution in [3.8, 4) is 0 Å². The molecule has 0 aromatic rings. The fraction of sp³-hybridized carbons (Fsp3) is 1.00. The lowest BCUT2D eigenvalue weighted by Crippen LogP contribution is -2.20. The molecule has 0 aromatic carbocycles. The Hall–Kier alpha value is 0.230. The monoisotopic (exact) mass is 163 g/mol. The minimum Gasteiger partial charge on any atom is -0.330 e. The molecule has 0 aromatic heterocycles. The highest BCUT2D eigenvalue weighted by atomic mass is 32.1. The van der Waals surface area contributed by atoms with E-state index in [1.165, 1.54) is 0 Å². The maximum atomic E-state index is 5.32. The Morgan fingerprint density at radius 3 is 1.70 bits per heavy atom. The summed E-state index contributed by atoms with van der Waals surface area (Å²) in [4.78, 5) is 0. The van der Waals surface area contributed by atoms with E-state index in [1.54, 1.807) is 0 Å². The van der Waals surface area contributed by atoms with E-state index in [0.29, 0.717) is 0 Å². The molecule has 3 nitrogen and oxygen atoms in total. The second-order valence-electron chi connectivity index (χ2n) is 2.24. The zero-order chi connectivity index (χ0) is 7.82. The molecule has 0 atom stereocenters. The molecular formula is C6H17N3S. The Balaban J connectivity index is 3.00. The van der Waals surface area contributed by atoms with Crippen LogP contribution >= 0.6 is 12.8 Å². The van der Waals surface area contributed by atoms with Crippen molar-refractivity contribution in [1.82, 2.24) is 4.31 Å².